The summed E-state index contributed by atoms with van der Waals surface area (Å²) >= 11 is 0. The molecule has 0 atom stereocenters. The molecular formula is C18H20FN5O2. The van der Waals surface area contributed by atoms with Crippen LogP contribution in [0.5, 0.6) is 0 Å². The highest BCUT2D eigenvalue weighted by molar-refractivity contribution is 5.91. The maximum absolute atomic E-state index is 12.9. The predicted molar refractivity (Wildman–Crippen MR) is 94.1 cm³/mol. The fraction of sp³-hybridized carbons (Fsp3) is 0.333. The molecule has 26 heavy (non-hydrogen) atoms. The smallest absolute Gasteiger partial charge is 0.321 e. The topological polar surface area (TPSA) is 87.2 Å². The second-order valence-corrected chi connectivity index (χ2v) is 6.17. The Balaban J connectivity index is 1.41. The summed E-state index contributed by atoms with van der Waals surface area (Å²) in [6, 6.07) is 5.48. The zero-order chi connectivity index (χ0) is 18.4. The third-order valence-electron chi connectivity index (χ3n) is 4.34. The van der Waals surface area contributed by atoms with Crippen LogP contribution in [0.4, 0.5) is 14.9 Å². The summed E-state index contributed by atoms with van der Waals surface area (Å²) in [4.78, 5) is 33.8. The Morgan fingerprint density at radius 1 is 1.15 bits per heavy atom. The molecule has 1 saturated heterocycles. The first-order valence-corrected chi connectivity index (χ1v) is 8.47. The van der Waals surface area contributed by atoms with Crippen LogP contribution in [0.25, 0.3) is 0 Å². The monoisotopic (exact) mass is 357 g/mol. The Morgan fingerprint density at radius 3 is 2.54 bits per heavy atom. The van der Waals surface area contributed by atoms with E-state index in [4.69, 9.17) is 0 Å². The molecule has 136 valence electrons. The molecule has 0 spiro atoms. The van der Waals surface area contributed by atoms with E-state index in [0.29, 0.717) is 36.9 Å². The number of carbonyl (C=O) groups is 2. The lowest BCUT2D eigenvalue weighted by Gasteiger charge is -2.32. The lowest BCUT2D eigenvalue weighted by atomic mass is 9.97. The van der Waals surface area contributed by atoms with E-state index >= 15 is 0 Å². The van der Waals surface area contributed by atoms with Crippen molar-refractivity contribution in [3.63, 3.8) is 0 Å². The molecule has 1 aliphatic heterocycles. The molecule has 1 aromatic carbocycles. The van der Waals surface area contributed by atoms with Gasteiger partial charge in [-0.1, -0.05) is 0 Å². The minimum Gasteiger partial charge on any atom is -0.350 e. The van der Waals surface area contributed by atoms with Gasteiger partial charge in [0.05, 0.1) is 6.20 Å². The first-order chi connectivity index (χ1) is 12.6. The predicted octanol–water partition coefficient (Wildman–Crippen LogP) is 2.29. The number of rotatable bonds is 4. The summed E-state index contributed by atoms with van der Waals surface area (Å²) in [5, 5.41) is 5.62. The zero-order valence-electron chi connectivity index (χ0n) is 14.2. The molecule has 1 aliphatic rings. The minimum absolute atomic E-state index is 0.196. The van der Waals surface area contributed by atoms with E-state index in [1.54, 1.807) is 4.90 Å². The highest BCUT2D eigenvalue weighted by Crippen LogP contribution is 2.18. The van der Waals surface area contributed by atoms with Crippen LogP contribution < -0.4 is 10.6 Å². The van der Waals surface area contributed by atoms with Gasteiger partial charge in [0, 0.05) is 37.7 Å². The second-order valence-electron chi connectivity index (χ2n) is 6.17. The fourth-order valence-electron chi connectivity index (χ4n) is 2.82. The van der Waals surface area contributed by atoms with Crippen molar-refractivity contribution in [2.45, 2.75) is 12.8 Å². The maximum Gasteiger partial charge on any atom is 0.321 e. The van der Waals surface area contributed by atoms with Crippen LogP contribution in [0.3, 0.4) is 0 Å². The van der Waals surface area contributed by atoms with E-state index in [0.717, 1.165) is 12.8 Å². The highest BCUT2D eigenvalue weighted by Gasteiger charge is 2.23. The van der Waals surface area contributed by atoms with Crippen LogP contribution in [0, 0.1) is 11.7 Å². The SMILES string of the molecule is O=C(NCC1CCN(C(=O)Nc2ccc(F)cc2)CC1)c1cnccn1. The van der Waals surface area contributed by atoms with Gasteiger partial charge in [0.15, 0.2) is 0 Å². The summed E-state index contributed by atoms with van der Waals surface area (Å²) in [6.07, 6.45) is 6.03. The number of urea groups is 1. The summed E-state index contributed by atoms with van der Waals surface area (Å²) in [5.41, 5.74) is 0.860. The van der Waals surface area contributed by atoms with Crippen LogP contribution in [0.15, 0.2) is 42.9 Å². The first-order valence-electron chi connectivity index (χ1n) is 8.47. The largest absolute Gasteiger partial charge is 0.350 e. The van der Waals surface area contributed by atoms with E-state index in [9.17, 15) is 14.0 Å². The van der Waals surface area contributed by atoms with Crippen molar-refractivity contribution in [3.05, 3.63) is 54.4 Å². The molecule has 7 nitrogen and oxygen atoms in total. The third-order valence-corrected chi connectivity index (χ3v) is 4.34. The van der Waals surface area contributed by atoms with Gasteiger partial charge < -0.3 is 15.5 Å². The summed E-state index contributed by atoms with van der Waals surface area (Å²) < 4.78 is 12.9. The van der Waals surface area contributed by atoms with Crippen molar-refractivity contribution in [1.82, 2.24) is 20.2 Å². The number of likely N-dealkylation sites (tertiary alicyclic amines) is 1. The number of hydrogen-bond acceptors (Lipinski definition) is 4. The average molecular weight is 357 g/mol. The molecule has 2 heterocycles. The van der Waals surface area contributed by atoms with Gasteiger partial charge in [-0.3, -0.25) is 9.78 Å². The molecule has 1 aromatic heterocycles. The number of amides is 3. The Kier molecular flexibility index (Phi) is 5.73. The number of halogens is 1. The zero-order valence-corrected chi connectivity index (χ0v) is 14.2. The van der Waals surface area contributed by atoms with Crippen LogP contribution in [-0.4, -0.2) is 46.4 Å². The van der Waals surface area contributed by atoms with Crippen LogP contribution in [-0.2, 0) is 0 Å². The number of anilines is 1. The van der Waals surface area contributed by atoms with E-state index in [-0.39, 0.29) is 17.8 Å². The summed E-state index contributed by atoms with van der Waals surface area (Å²) in [7, 11) is 0. The summed E-state index contributed by atoms with van der Waals surface area (Å²) in [5.74, 6) is -0.271. The van der Waals surface area contributed by atoms with Gasteiger partial charge in [0.25, 0.3) is 5.91 Å². The number of nitrogens with zero attached hydrogens (tertiary/aromatic N) is 3. The van der Waals surface area contributed by atoms with Gasteiger partial charge in [-0.05, 0) is 43.0 Å². The Labute approximate surface area is 150 Å². The lowest BCUT2D eigenvalue weighted by Crippen LogP contribution is -2.43. The number of hydrogen-bond donors (Lipinski definition) is 2. The molecule has 0 radical (unpaired) electrons. The minimum atomic E-state index is -0.340. The van der Waals surface area contributed by atoms with E-state index in [1.165, 1.54) is 42.9 Å². The van der Waals surface area contributed by atoms with E-state index in [1.807, 2.05) is 0 Å². The molecule has 2 N–H and O–H groups in total. The highest BCUT2D eigenvalue weighted by atomic mass is 19.1. The molecule has 0 bridgehead atoms. The van der Waals surface area contributed by atoms with Gasteiger partial charge >= 0.3 is 6.03 Å². The number of nitrogens with one attached hydrogen (secondary N) is 2. The van der Waals surface area contributed by atoms with Crippen LogP contribution >= 0.6 is 0 Å². The Hall–Kier alpha value is -3.03. The van der Waals surface area contributed by atoms with Gasteiger partial charge in [0.2, 0.25) is 0 Å². The van der Waals surface area contributed by atoms with Gasteiger partial charge in [-0.2, -0.15) is 0 Å². The average Bonchev–Trinajstić information content (AvgIpc) is 2.69. The molecule has 3 amide bonds. The van der Waals surface area contributed by atoms with E-state index in [2.05, 4.69) is 20.6 Å². The standard InChI is InChI=1S/C18H20FN5O2/c19-14-1-3-15(4-2-14)23-18(26)24-9-5-13(6-10-24)11-22-17(25)16-12-20-7-8-21-16/h1-4,7-8,12-13H,5-6,9-11H2,(H,22,25)(H,23,26). The molecule has 8 heteroatoms. The number of carbonyl (C=O) groups excluding carboxylic acids is 2. The first kappa shape index (κ1) is 17.8. The number of benzene rings is 1. The Bertz CT molecular complexity index is 746. The lowest BCUT2D eigenvalue weighted by molar-refractivity contribution is 0.0933. The van der Waals surface area contributed by atoms with Crippen LogP contribution in [0.2, 0.25) is 0 Å². The molecular weight excluding hydrogens is 337 g/mol. The molecule has 2 aromatic rings. The number of aromatic nitrogens is 2. The number of piperidine rings is 1. The van der Waals surface area contributed by atoms with Crippen molar-refractivity contribution in [2.75, 3.05) is 25.0 Å². The molecule has 3 rings (SSSR count). The molecule has 0 aliphatic carbocycles. The third kappa shape index (κ3) is 4.75. The van der Waals surface area contributed by atoms with Crippen molar-refractivity contribution in [1.29, 1.82) is 0 Å². The molecule has 0 saturated carbocycles. The summed E-state index contributed by atoms with van der Waals surface area (Å²) in [6.45, 7) is 1.76. The second kappa shape index (κ2) is 8.37. The van der Waals surface area contributed by atoms with Crippen LogP contribution in [0.1, 0.15) is 23.3 Å². The van der Waals surface area contributed by atoms with Gasteiger partial charge in [-0.25, -0.2) is 14.2 Å². The fourth-order valence-corrected chi connectivity index (χ4v) is 2.82. The Morgan fingerprint density at radius 2 is 1.88 bits per heavy atom. The maximum atomic E-state index is 12.9. The normalized spacial score (nSPS) is 14.7. The molecule has 1 fully saturated rings. The van der Waals surface area contributed by atoms with Crippen molar-refractivity contribution in [2.24, 2.45) is 5.92 Å². The van der Waals surface area contributed by atoms with E-state index < -0.39 is 0 Å². The van der Waals surface area contributed by atoms with Gasteiger partial charge in [-0.15, -0.1) is 0 Å². The van der Waals surface area contributed by atoms with Crippen molar-refractivity contribution < 1.29 is 14.0 Å². The molecule has 0 unspecified atom stereocenters. The van der Waals surface area contributed by atoms with Gasteiger partial charge in [0.1, 0.15) is 11.5 Å². The quantitative estimate of drug-likeness (QED) is 0.879. The van der Waals surface area contributed by atoms with Crippen molar-refractivity contribution in [3.8, 4) is 0 Å². The van der Waals surface area contributed by atoms with Crippen molar-refractivity contribution >= 4 is 17.6 Å².